The van der Waals surface area contributed by atoms with Crippen LogP contribution in [0.2, 0.25) is 0 Å². The second-order valence-electron chi connectivity index (χ2n) is 5.57. The number of aliphatic carboxylic acids is 1. The van der Waals surface area contributed by atoms with Crippen LogP contribution in [0.25, 0.3) is 11.1 Å². The Morgan fingerprint density at radius 1 is 1.21 bits per heavy atom. The number of carboxylic acids is 1. The van der Waals surface area contributed by atoms with E-state index in [1.54, 1.807) is 12.4 Å². The number of ether oxygens (including phenoxy) is 1. The minimum atomic E-state index is -0.911. The number of carbonyl (C=O) groups is 1. The van der Waals surface area contributed by atoms with Crippen molar-refractivity contribution in [2.75, 3.05) is 0 Å². The van der Waals surface area contributed by atoms with E-state index in [0.717, 1.165) is 28.0 Å². The Bertz CT molecular complexity index is 841. The van der Waals surface area contributed by atoms with Crippen LogP contribution in [0.15, 0.2) is 60.9 Å². The van der Waals surface area contributed by atoms with Crippen LogP contribution in [0.1, 0.15) is 11.1 Å². The lowest BCUT2D eigenvalue weighted by Gasteiger charge is -2.09. The first kappa shape index (κ1) is 15.8. The quantitative estimate of drug-likeness (QED) is 0.754. The highest BCUT2D eigenvalue weighted by Gasteiger charge is 2.08. The smallest absolute Gasteiger partial charge is 0.325 e. The summed E-state index contributed by atoms with van der Waals surface area (Å²) in [5, 5.41) is 12.9. The van der Waals surface area contributed by atoms with Crippen LogP contribution in [-0.4, -0.2) is 20.9 Å². The van der Waals surface area contributed by atoms with Crippen LogP contribution >= 0.6 is 0 Å². The zero-order chi connectivity index (χ0) is 16.9. The highest BCUT2D eigenvalue weighted by molar-refractivity contribution is 5.69. The van der Waals surface area contributed by atoms with Crippen molar-refractivity contribution in [3.8, 4) is 16.9 Å². The molecule has 0 unspecified atom stereocenters. The van der Waals surface area contributed by atoms with Gasteiger partial charge in [-0.05, 0) is 35.7 Å². The molecule has 24 heavy (non-hydrogen) atoms. The van der Waals surface area contributed by atoms with Gasteiger partial charge < -0.3 is 9.84 Å². The van der Waals surface area contributed by atoms with Crippen molar-refractivity contribution in [3.05, 3.63) is 72.1 Å². The van der Waals surface area contributed by atoms with Crippen molar-refractivity contribution < 1.29 is 14.6 Å². The van der Waals surface area contributed by atoms with Crippen LogP contribution in [0.3, 0.4) is 0 Å². The van der Waals surface area contributed by atoms with Crippen LogP contribution < -0.4 is 4.74 Å². The second-order valence-corrected chi connectivity index (χ2v) is 5.57. The predicted octanol–water partition coefficient (Wildman–Crippen LogP) is 3.52. The second kappa shape index (κ2) is 7.00. The Balaban J connectivity index is 1.72. The summed E-state index contributed by atoms with van der Waals surface area (Å²) in [6.45, 7) is 2.38. The van der Waals surface area contributed by atoms with Gasteiger partial charge in [-0.25, -0.2) is 0 Å². The van der Waals surface area contributed by atoms with Gasteiger partial charge in [0.1, 0.15) is 18.9 Å². The van der Waals surface area contributed by atoms with Gasteiger partial charge in [-0.15, -0.1) is 0 Å². The van der Waals surface area contributed by atoms with E-state index in [2.05, 4.69) is 5.10 Å². The molecule has 0 aliphatic heterocycles. The molecule has 0 aliphatic carbocycles. The summed E-state index contributed by atoms with van der Waals surface area (Å²) in [4.78, 5) is 10.7. The number of nitrogens with zero attached hydrogens (tertiary/aromatic N) is 2. The van der Waals surface area contributed by atoms with E-state index in [4.69, 9.17) is 9.84 Å². The van der Waals surface area contributed by atoms with Crippen molar-refractivity contribution in [3.63, 3.8) is 0 Å². The van der Waals surface area contributed by atoms with Gasteiger partial charge >= 0.3 is 5.97 Å². The topological polar surface area (TPSA) is 64.4 Å². The van der Waals surface area contributed by atoms with Gasteiger partial charge in [-0.2, -0.15) is 5.10 Å². The molecule has 5 nitrogen and oxygen atoms in total. The summed E-state index contributed by atoms with van der Waals surface area (Å²) < 4.78 is 7.24. The van der Waals surface area contributed by atoms with Crippen LogP contribution in [-0.2, 0) is 17.9 Å². The van der Waals surface area contributed by atoms with Crippen molar-refractivity contribution in [1.82, 2.24) is 9.78 Å². The lowest BCUT2D eigenvalue weighted by molar-refractivity contribution is -0.137. The molecule has 5 heteroatoms. The fraction of sp³-hybridized carbons (Fsp3) is 0.158. The van der Waals surface area contributed by atoms with E-state index < -0.39 is 5.97 Å². The number of aromatic nitrogens is 2. The van der Waals surface area contributed by atoms with Gasteiger partial charge in [-0.3, -0.25) is 9.48 Å². The lowest BCUT2D eigenvalue weighted by Crippen LogP contribution is -2.08. The number of hydrogen-bond acceptors (Lipinski definition) is 3. The third-order valence-electron chi connectivity index (χ3n) is 3.69. The number of aryl methyl sites for hydroxylation is 1. The molecule has 0 spiro atoms. The summed E-state index contributed by atoms with van der Waals surface area (Å²) >= 11 is 0. The molecule has 0 atom stereocenters. The maximum absolute atomic E-state index is 10.7. The summed E-state index contributed by atoms with van der Waals surface area (Å²) in [7, 11) is 0. The predicted molar refractivity (Wildman–Crippen MR) is 90.8 cm³/mol. The summed E-state index contributed by atoms with van der Waals surface area (Å²) in [6, 6.07) is 15.9. The molecule has 0 saturated carbocycles. The zero-order valence-corrected chi connectivity index (χ0v) is 13.3. The van der Waals surface area contributed by atoms with Gasteiger partial charge in [0.15, 0.2) is 0 Å². The fourth-order valence-corrected chi connectivity index (χ4v) is 2.52. The Kier molecular flexibility index (Phi) is 4.61. The Morgan fingerprint density at radius 2 is 2.00 bits per heavy atom. The summed E-state index contributed by atoms with van der Waals surface area (Å²) in [6.07, 6.45) is 3.41. The standard InChI is InChI=1S/C19H18N2O3/c1-14-9-17(24-13-15-5-3-2-4-6-15)7-8-18(14)16-10-20-21(11-16)12-19(22)23/h2-11H,12-13H2,1H3,(H,22,23). The minimum absolute atomic E-state index is 0.142. The Hall–Kier alpha value is -3.08. The van der Waals surface area contributed by atoms with Gasteiger partial charge in [0.05, 0.1) is 6.20 Å². The summed E-state index contributed by atoms with van der Waals surface area (Å²) in [5.41, 5.74) is 4.08. The SMILES string of the molecule is Cc1cc(OCc2ccccc2)ccc1-c1cnn(CC(=O)O)c1. The largest absolute Gasteiger partial charge is 0.489 e. The molecule has 3 aromatic rings. The average Bonchev–Trinajstić information content (AvgIpc) is 3.01. The first-order valence-electron chi connectivity index (χ1n) is 7.64. The van der Waals surface area contributed by atoms with Crippen LogP contribution in [0, 0.1) is 6.92 Å². The number of carboxylic acid groups (broad SMARTS) is 1. The van der Waals surface area contributed by atoms with E-state index in [-0.39, 0.29) is 6.54 Å². The highest BCUT2D eigenvalue weighted by Crippen LogP contribution is 2.27. The molecule has 1 heterocycles. The third-order valence-corrected chi connectivity index (χ3v) is 3.69. The van der Waals surface area contributed by atoms with Crippen molar-refractivity contribution >= 4 is 5.97 Å². The average molecular weight is 322 g/mol. The maximum atomic E-state index is 10.7. The molecule has 1 N–H and O–H groups in total. The van der Waals surface area contributed by atoms with Crippen molar-refractivity contribution in [2.45, 2.75) is 20.1 Å². The summed E-state index contributed by atoms with van der Waals surface area (Å²) in [5.74, 6) is -0.107. The van der Waals surface area contributed by atoms with E-state index in [1.165, 1.54) is 4.68 Å². The Labute approximate surface area is 140 Å². The first-order valence-corrected chi connectivity index (χ1v) is 7.64. The monoisotopic (exact) mass is 322 g/mol. The van der Waals surface area contributed by atoms with Gasteiger partial charge in [0.2, 0.25) is 0 Å². The normalized spacial score (nSPS) is 10.5. The van der Waals surface area contributed by atoms with Gasteiger partial charge in [0, 0.05) is 11.8 Å². The molecule has 2 aromatic carbocycles. The molecule has 0 saturated heterocycles. The molecule has 0 bridgehead atoms. The number of rotatable bonds is 6. The molecule has 0 fully saturated rings. The molecule has 1 aromatic heterocycles. The van der Waals surface area contributed by atoms with Crippen molar-refractivity contribution in [2.24, 2.45) is 0 Å². The van der Waals surface area contributed by atoms with E-state index in [0.29, 0.717) is 6.61 Å². The van der Waals surface area contributed by atoms with Crippen LogP contribution in [0.4, 0.5) is 0 Å². The molecule has 3 rings (SSSR count). The molecule has 0 radical (unpaired) electrons. The lowest BCUT2D eigenvalue weighted by atomic mass is 10.0. The highest BCUT2D eigenvalue weighted by atomic mass is 16.5. The minimum Gasteiger partial charge on any atom is -0.489 e. The molecule has 0 aliphatic rings. The Morgan fingerprint density at radius 3 is 2.71 bits per heavy atom. The van der Waals surface area contributed by atoms with E-state index in [1.807, 2.05) is 55.5 Å². The van der Waals surface area contributed by atoms with Crippen LogP contribution in [0.5, 0.6) is 5.75 Å². The number of hydrogen-bond donors (Lipinski definition) is 1. The fourth-order valence-electron chi connectivity index (χ4n) is 2.52. The van der Waals surface area contributed by atoms with E-state index >= 15 is 0 Å². The molecular formula is C19H18N2O3. The molecule has 0 amide bonds. The first-order chi connectivity index (χ1) is 11.6. The maximum Gasteiger partial charge on any atom is 0.325 e. The molecule has 122 valence electrons. The van der Waals surface area contributed by atoms with Crippen molar-refractivity contribution in [1.29, 1.82) is 0 Å². The molecular weight excluding hydrogens is 304 g/mol. The number of benzene rings is 2. The zero-order valence-electron chi connectivity index (χ0n) is 13.3. The van der Waals surface area contributed by atoms with Gasteiger partial charge in [-0.1, -0.05) is 36.4 Å². The third kappa shape index (κ3) is 3.81. The van der Waals surface area contributed by atoms with Gasteiger partial charge in [0.25, 0.3) is 0 Å². The van der Waals surface area contributed by atoms with E-state index in [9.17, 15) is 4.79 Å².